The highest BCUT2D eigenvalue weighted by atomic mass is 32.1. The van der Waals surface area contributed by atoms with E-state index in [9.17, 15) is 4.79 Å². The average Bonchev–Trinajstić information content (AvgIpc) is 3.36. The summed E-state index contributed by atoms with van der Waals surface area (Å²) in [5.41, 5.74) is 1.32. The molecule has 2 saturated carbocycles. The van der Waals surface area contributed by atoms with Crippen LogP contribution in [0.5, 0.6) is 0 Å². The zero-order valence-corrected chi connectivity index (χ0v) is 15.8. The van der Waals surface area contributed by atoms with Crippen LogP contribution >= 0.6 is 11.3 Å². The van der Waals surface area contributed by atoms with E-state index in [-0.39, 0.29) is 5.92 Å². The molecule has 3 heteroatoms. The molecule has 0 N–H and O–H groups in total. The van der Waals surface area contributed by atoms with Crippen LogP contribution in [0.15, 0.2) is 42.5 Å². The molecule has 25 heavy (non-hydrogen) atoms. The molecule has 2 aliphatic rings. The first-order valence-corrected chi connectivity index (χ1v) is 10.4. The maximum absolute atomic E-state index is 13.3. The minimum absolute atomic E-state index is 0.288. The standard InChI is InChI=1S/C22H27NOS/c1-16-7-10-20(25-16)15-23(12-11-17-5-3-2-4-6-17)22(24)21-14-18-8-9-19(21)13-18/h2-7,10,18-19,21H,8-9,11-15H2,1H3. The van der Waals surface area contributed by atoms with Crippen LogP contribution in [0, 0.1) is 24.7 Å². The highest BCUT2D eigenvalue weighted by Gasteiger charge is 2.44. The molecule has 4 rings (SSSR count). The minimum atomic E-state index is 0.288. The third-order valence-corrected chi connectivity index (χ3v) is 7.01. The SMILES string of the molecule is Cc1ccc(CN(CCc2ccccc2)C(=O)C2CC3CCC2C3)s1. The van der Waals surface area contributed by atoms with Crippen LogP contribution in [0.25, 0.3) is 0 Å². The number of carbonyl (C=O) groups excluding carboxylic acids is 1. The van der Waals surface area contributed by atoms with Crippen LogP contribution in [-0.2, 0) is 17.8 Å². The van der Waals surface area contributed by atoms with E-state index in [1.165, 1.54) is 34.6 Å². The number of rotatable bonds is 6. The second-order valence-electron chi connectivity index (χ2n) is 7.79. The molecule has 2 aliphatic carbocycles. The van der Waals surface area contributed by atoms with E-state index in [0.29, 0.717) is 11.8 Å². The van der Waals surface area contributed by atoms with Crippen molar-refractivity contribution in [3.05, 3.63) is 57.8 Å². The van der Waals surface area contributed by atoms with Crippen molar-refractivity contribution in [1.29, 1.82) is 0 Å². The van der Waals surface area contributed by atoms with Crippen molar-refractivity contribution in [3.63, 3.8) is 0 Å². The minimum Gasteiger partial charge on any atom is -0.337 e. The maximum atomic E-state index is 13.3. The summed E-state index contributed by atoms with van der Waals surface area (Å²) in [5.74, 6) is 2.17. The monoisotopic (exact) mass is 353 g/mol. The van der Waals surface area contributed by atoms with E-state index in [2.05, 4.69) is 54.3 Å². The Bertz CT molecular complexity index is 723. The van der Waals surface area contributed by atoms with E-state index in [1.54, 1.807) is 0 Å². The molecule has 1 heterocycles. The molecule has 132 valence electrons. The second-order valence-corrected chi connectivity index (χ2v) is 9.16. The molecule has 2 fully saturated rings. The van der Waals surface area contributed by atoms with Gasteiger partial charge in [-0.3, -0.25) is 4.79 Å². The summed E-state index contributed by atoms with van der Waals surface area (Å²) < 4.78 is 0. The first kappa shape index (κ1) is 16.8. The Labute approximate surface area is 154 Å². The van der Waals surface area contributed by atoms with Gasteiger partial charge < -0.3 is 4.90 Å². The summed E-state index contributed by atoms with van der Waals surface area (Å²) in [4.78, 5) is 18.1. The molecule has 1 aromatic carbocycles. The lowest BCUT2D eigenvalue weighted by molar-refractivity contribution is -0.137. The highest BCUT2D eigenvalue weighted by molar-refractivity contribution is 7.11. The van der Waals surface area contributed by atoms with Crippen LogP contribution in [0.3, 0.4) is 0 Å². The van der Waals surface area contributed by atoms with Crippen molar-refractivity contribution in [2.24, 2.45) is 17.8 Å². The number of benzene rings is 1. The lowest BCUT2D eigenvalue weighted by Gasteiger charge is -2.29. The van der Waals surface area contributed by atoms with Crippen LogP contribution < -0.4 is 0 Å². The summed E-state index contributed by atoms with van der Waals surface area (Å²) in [5, 5.41) is 0. The van der Waals surface area contributed by atoms with Gasteiger partial charge in [-0.25, -0.2) is 0 Å². The van der Waals surface area contributed by atoms with E-state index in [4.69, 9.17) is 0 Å². The van der Waals surface area contributed by atoms with Gasteiger partial charge in [0.25, 0.3) is 0 Å². The van der Waals surface area contributed by atoms with Crippen molar-refractivity contribution in [2.45, 2.75) is 45.6 Å². The van der Waals surface area contributed by atoms with E-state index in [1.807, 2.05) is 11.3 Å². The summed E-state index contributed by atoms with van der Waals surface area (Å²) >= 11 is 1.82. The van der Waals surface area contributed by atoms with E-state index < -0.39 is 0 Å². The summed E-state index contributed by atoms with van der Waals surface area (Å²) in [6.45, 7) is 3.74. The van der Waals surface area contributed by atoms with Crippen LogP contribution in [0.4, 0.5) is 0 Å². The predicted octanol–water partition coefficient (Wildman–Crippen LogP) is 5.06. The van der Waals surface area contributed by atoms with Gasteiger partial charge in [-0.05, 0) is 62.1 Å². The van der Waals surface area contributed by atoms with Gasteiger partial charge in [-0.2, -0.15) is 0 Å². The third-order valence-electron chi connectivity index (χ3n) is 6.02. The number of thiophene rings is 1. The molecule has 0 aliphatic heterocycles. The Morgan fingerprint density at radius 2 is 1.96 bits per heavy atom. The topological polar surface area (TPSA) is 20.3 Å². The Balaban J connectivity index is 1.47. The van der Waals surface area contributed by atoms with Gasteiger partial charge in [0.2, 0.25) is 5.91 Å². The molecular weight excluding hydrogens is 326 g/mol. The molecule has 0 saturated heterocycles. The van der Waals surface area contributed by atoms with Crippen molar-refractivity contribution < 1.29 is 4.79 Å². The Hall–Kier alpha value is -1.61. The summed E-state index contributed by atoms with van der Waals surface area (Å²) in [6, 6.07) is 14.9. The highest BCUT2D eigenvalue weighted by Crippen LogP contribution is 2.49. The number of amides is 1. The third kappa shape index (κ3) is 3.82. The molecule has 1 aromatic heterocycles. The number of aryl methyl sites for hydroxylation is 1. The largest absolute Gasteiger partial charge is 0.337 e. The normalized spacial score (nSPS) is 24.6. The Morgan fingerprint density at radius 3 is 2.60 bits per heavy atom. The lowest BCUT2D eigenvalue weighted by Crippen LogP contribution is -2.39. The molecule has 1 amide bonds. The van der Waals surface area contributed by atoms with Crippen LogP contribution in [-0.4, -0.2) is 17.4 Å². The summed E-state index contributed by atoms with van der Waals surface area (Å²) in [6.07, 6.45) is 5.99. The smallest absolute Gasteiger partial charge is 0.226 e. The van der Waals surface area contributed by atoms with Crippen molar-refractivity contribution in [2.75, 3.05) is 6.54 Å². The number of hydrogen-bond donors (Lipinski definition) is 0. The van der Waals surface area contributed by atoms with Gasteiger partial charge in [0.15, 0.2) is 0 Å². The van der Waals surface area contributed by atoms with Crippen LogP contribution in [0.2, 0.25) is 0 Å². The number of nitrogens with zero attached hydrogens (tertiary/aromatic N) is 1. The van der Waals surface area contributed by atoms with Gasteiger partial charge in [0.05, 0.1) is 6.54 Å². The zero-order chi connectivity index (χ0) is 17.2. The maximum Gasteiger partial charge on any atom is 0.226 e. The van der Waals surface area contributed by atoms with Gasteiger partial charge in [-0.15, -0.1) is 11.3 Å². The number of fused-ring (bicyclic) bond motifs is 2. The Morgan fingerprint density at radius 1 is 1.12 bits per heavy atom. The molecule has 0 radical (unpaired) electrons. The van der Waals surface area contributed by atoms with E-state index in [0.717, 1.165) is 31.8 Å². The fourth-order valence-corrected chi connectivity index (χ4v) is 5.62. The molecule has 2 nitrogen and oxygen atoms in total. The summed E-state index contributed by atoms with van der Waals surface area (Å²) in [7, 11) is 0. The number of carbonyl (C=O) groups is 1. The van der Waals surface area contributed by atoms with Gasteiger partial charge in [0.1, 0.15) is 0 Å². The first-order chi connectivity index (χ1) is 12.2. The molecule has 2 aromatic rings. The van der Waals surface area contributed by atoms with Crippen LogP contribution in [0.1, 0.15) is 41.0 Å². The molecule has 2 bridgehead atoms. The van der Waals surface area contributed by atoms with Gasteiger partial charge in [-0.1, -0.05) is 36.8 Å². The molecule has 3 unspecified atom stereocenters. The van der Waals surface area contributed by atoms with Gasteiger partial charge >= 0.3 is 0 Å². The van der Waals surface area contributed by atoms with E-state index >= 15 is 0 Å². The molecule has 0 spiro atoms. The number of hydrogen-bond acceptors (Lipinski definition) is 2. The molecular formula is C22H27NOS. The fourth-order valence-electron chi connectivity index (χ4n) is 4.72. The second kappa shape index (κ2) is 7.33. The average molecular weight is 354 g/mol. The lowest BCUT2D eigenvalue weighted by atomic mass is 9.87. The first-order valence-electron chi connectivity index (χ1n) is 9.57. The van der Waals surface area contributed by atoms with Crippen molar-refractivity contribution >= 4 is 17.2 Å². The zero-order valence-electron chi connectivity index (χ0n) is 15.0. The fraction of sp³-hybridized carbons (Fsp3) is 0.500. The quantitative estimate of drug-likeness (QED) is 0.710. The molecule has 3 atom stereocenters. The van der Waals surface area contributed by atoms with Gasteiger partial charge in [0, 0.05) is 22.2 Å². The Kier molecular flexibility index (Phi) is 4.93. The van der Waals surface area contributed by atoms with Crippen molar-refractivity contribution in [3.8, 4) is 0 Å². The predicted molar refractivity (Wildman–Crippen MR) is 104 cm³/mol. The van der Waals surface area contributed by atoms with Crippen molar-refractivity contribution in [1.82, 2.24) is 4.90 Å².